The van der Waals surface area contributed by atoms with Crippen molar-refractivity contribution in [2.45, 2.75) is 45.4 Å². The molecule has 0 bridgehead atoms. The van der Waals surface area contributed by atoms with Crippen molar-refractivity contribution in [3.8, 4) is 0 Å². The fourth-order valence-electron chi connectivity index (χ4n) is 1.45. The van der Waals surface area contributed by atoms with E-state index < -0.39 is 0 Å². The second-order valence-electron chi connectivity index (χ2n) is 4.12. The summed E-state index contributed by atoms with van der Waals surface area (Å²) in [5.74, 6) is 0. The average Bonchev–Trinajstić information content (AvgIpc) is 2.16. The van der Waals surface area contributed by atoms with Gasteiger partial charge in [0, 0.05) is 6.20 Å². The molecule has 0 spiro atoms. The average molecular weight is 178 g/mol. The van der Waals surface area contributed by atoms with Crippen LogP contribution >= 0.6 is 0 Å². The van der Waals surface area contributed by atoms with Crippen molar-refractivity contribution in [2.24, 2.45) is 0 Å². The molecule has 0 aliphatic heterocycles. The Morgan fingerprint density at radius 1 is 1.31 bits per heavy atom. The van der Waals surface area contributed by atoms with Crippen LogP contribution in [0.3, 0.4) is 0 Å². The van der Waals surface area contributed by atoms with Gasteiger partial charge in [-0.2, -0.15) is 10.2 Å². The number of nitrogens with zero attached hydrogens (tertiary/aromatic N) is 2. The molecule has 0 unspecified atom stereocenters. The molecule has 0 aliphatic carbocycles. The van der Waals surface area contributed by atoms with Crippen LogP contribution in [0.5, 0.6) is 0 Å². The Hall–Kier alpha value is -0.920. The molecular formula is C11H18N2. The highest BCUT2D eigenvalue weighted by Crippen LogP contribution is 2.27. The molecule has 0 saturated carbocycles. The highest BCUT2D eigenvalue weighted by atomic mass is 15.1. The smallest absolute Gasteiger partial charge is 0.0533 e. The summed E-state index contributed by atoms with van der Waals surface area (Å²) < 4.78 is 0. The van der Waals surface area contributed by atoms with Crippen LogP contribution in [0.2, 0.25) is 0 Å². The third-order valence-corrected chi connectivity index (χ3v) is 2.52. The number of hydrogen-bond donors (Lipinski definition) is 0. The van der Waals surface area contributed by atoms with Crippen molar-refractivity contribution in [2.75, 3.05) is 0 Å². The summed E-state index contributed by atoms with van der Waals surface area (Å²) in [5, 5.41) is 7.70. The zero-order valence-electron chi connectivity index (χ0n) is 8.75. The van der Waals surface area contributed by atoms with Crippen LogP contribution in [0.25, 0.3) is 0 Å². The lowest BCUT2D eigenvalue weighted by Gasteiger charge is -2.24. The van der Waals surface area contributed by atoms with E-state index in [1.807, 2.05) is 6.20 Å². The topological polar surface area (TPSA) is 25.8 Å². The summed E-state index contributed by atoms with van der Waals surface area (Å²) in [6.07, 6.45) is 7.38. The lowest BCUT2D eigenvalue weighted by molar-refractivity contribution is 0.455. The van der Waals surface area contributed by atoms with E-state index in [2.05, 4.69) is 37.0 Å². The number of unbranched alkanes of at least 4 members (excludes halogenated alkanes) is 1. The minimum absolute atomic E-state index is 0.242. The fourth-order valence-corrected chi connectivity index (χ4v) is 1.45. The van der Waals surface area contributed by atoms with Crippen LogP contribution in [0.1, 0.15) is 45.6 Å². The summed E-state index contributed by atoms with van der Waals surface area (Å²) >= 11 is 0. The van der Waals surface area contributed by atoms with Crippen molar-refractivity contribution in [3.63, 3.8) is 0 Å². The Labute approximate surface area is 80.4 Å². The first kappa shape index (κ1) is 10.2. The zero-order chi connectivity index (χ0) is 9.73. The molecule has 0 atom stereocenters. The van der Waals surface area contributed by atoms with Gasteiger partial charge < -0.3 is 0 Å². The predicted molar refractivity (Wildman–Crippen MR) is 54.6 cm³/mol. The Morgan fingerprint density at radius 3 is 2.62 bits per heavy atom. The molecule has 1 rings (SSSR count). The predicted octanol–water partition coefficient (Wildman–Crippen LogP) is 2.94. The maximum Gasteiger partial charge on any atom is 0.0533 e. The minimum Gasteiger partial charge on any atom is -0.159 e. The molecule has 2 heteroatoms. The van der Waals surface area contributed by atoms with Crippen molar-refractivity contribution in [1.29, 1.82) is 0 Å². The van der Waals surface area contributed by atoms with Crippen LogP contribution in [0.15, 0.2) is 18.5 Å². The maximum absolute atomic E-state index is 3.91. The van der Waals surface area contributed by atoms with Gasteiger partial charge in [-0.3, -0.25) is 0 Å². The van der Waals surface area contributed by atoms with Crippen molar-refractivity contribution >= 4 is 0 Å². The first-order chi connectivity index (χ1) is 6.17. The normalized spacial score (nSPS) is 11.6. The Bertz CT molecular complexity index is 242. The minimum atomic E-state index is 0.242. The summed E-state index contributed by atoms with van der Waals surface area (Å²) in [6.45, 7) is 6.75. The summed E-state index contributed by atoms with van der Waals surface area (Å²) in [4.78, 5) is 0. The largest absolute Gasteiger partial charge is 0.159 e. The van der Waals surface area contributed by atoms with Crippen molar-refractivity contribution < 1.29 is 0 Å². The Morgan fingerprint density at radius 2 is 2.08 bits per heavy atom. The third kappa shape index (κ3) is 2.79. The van der Waals surface area contributed by atoms with Crippen molar-refractivity contribution in [1.82, 2.24) is 10.2 Å². The van der Waals surface area contributed by atoms with E-state index in [0.29, 0.717) is 0 Å². The van der Waals surface area contributed by atoms with Crippen LogP contribution in [0, 0.1) is 0 Å². The number of rotatable bonds is 4. The van der Waals surface area contributed by atoms with Gasteiger partial charge in [0.25, 0.3) is 0 Å². The molecule has 1 aromatic heterocycles. The fraction of sp³-hybridized carbons (Fsp3) is 0.636. The first-order valence-electron chi connectivity index (χ1n) is 4.94. The summed E-state index contributed by atoms with van der Waals surface area (Å²) in [5.41, 5.74) is 1.53. The van der Waals surface area contributed by atoms with Gasteiger partial charge in [-0.25, -0.2) is 0 Å². The van der Waals surface area contributed by atoms with E-state index in [1.165, 1.54) is 24.8 Å². The Kier molecular flexibility index (Phi) is 3.40. The molecule has 2 nitrogen and oxygen atoms in total. The SMILES string of the molecule is CCCCC(C)(C)c1ccnnc1. The van der Waals surface area contributed by atoms with Gasteiger partial charge in [0.15, 0.2) is 0 Å². The van der Waals surface area contributed by atoms with Crippen LogP contribution in [-0.4, -0.2) is 10.2 Å². The van der Waals surface area contributed by atoms with E-state index >= 15 is 0 Å². The Balaban J connectivity index is 2.69. The van der Waals surface area contributed by atoms with Gasteiger partial charge in [0.05, 0.1) is 6.20 Å². The van der Waals surface area contributed by atoms with Gasteiger partial charge in [-0.15, -0.1) is 0 Å². The molecule has 0 amide bonds. The van der Waals surface area contributed by atoms with E-state index in [-0.39, 0.29) is 5.41 Å². The van der Waals surface area contributed by atoms with Crippen LogP contribution in [0.4, 0.5) is 0 Å². The molecule has 1 heterocycles. The molecule has 0 aliphatic rings. The van der Waals surface area contributed by atoms with Crippen LogP contribution in [-0.2, 0) is 5.41 Å². The first-order valence-corrected chi connectivity index (χ1v) is 4.94. The maximum atomic E-state index is 3.91. The number of hydrogen-bond acceptors (Lipinski definition) is 2. The third-order valence-electron chi connectivity index (χ3n) is 2.52. The lowest BCUT2D eigenvalue weighted by atomic mass is 9.81. The molecule has 0 saturated heterocycles. The van der Waals surface area contributed by atoms with Gasteiger partial charge in [0.1, 0.15) is 0 Å². The molecule has 72 valence electrons. The molecule has 1 aromatic rings. The molecular weight excluding hydrogens is 160 g/mol. The molecule has 13 heavy (non-hydrogen) atoms. The monoisotopic (exact) mass is 178 g/mol. The van der Waals surface area contributed by atoms with Crippen LogP contribution < -0.4 is 0 Å². The molecule has 0 radical (unpaired) electrons. The summed E-state index contributed by atoms with van der Waals surface area (Å²) in [6, 6.07) is 2.06. The van der Waals surface area contributed by atoms with Gasteiger partial charge in [-0.1, -0.05) is 33.6 Å². The van der Waals surface area contributed by atoms with Gasteiger partial charge in [0.2, 0.25) is 0 Å². The lowest BCUT2D eigenvalue weighted by Crippen LogP contribution is -2.17. The quantitative estimate of drug-likeness (QED) is 0.708. The number of aromatic nitrogens is 2. The van der Waals surface area contributed by atoms with Gasteiger partial charge >= 0.3 is 0 Å². The van der Waals surface area contributed by atoms with E-state index in [4.69, 9.17) is 0 Å². The van der Waals surface area contributed by atoms with E-state index in [1.54, 1.807) is 6.20 Å². The van der Waals surface area contributed by atoms with E-state index in [0.717, 1.165) is 0 Å². The highest BCUT2D eigenvalue weighted by molar-refractivity contribution is 5.17. The second-order valence-corrected chi connectivity index (χ2v) is 4.12. The van der Waals surface area contributed by atoms with Crippen molar-refractivity contribution in [3.05, 3.63) is 24.0 Å². The zero-order valence-corrected chi connectivity index (χ0v) is 8.75. The molecule has 0 N–H and O–H groups in total. The second kappa shape index (κ2) is 4.35. The summed E-state index contributed by atoms with van der Waals surface area (Å²) in [7, 11) is 0. The van der Waals surface area contributed by atoms with Gasteiger partial charge in [-0.05, 0) is 23.5 Å². The standard InChI is InChI=1S/C11H18N2/c1-4-5-7-11(2,3)10-6-8-12-13-9-10/h6,8-9H,4-5,7H2,1-3H3. The molecule has 0 aromatic carbocycles. The molecule has 0 fully saturated rings. The highest BCUT2D eigenvalue weighted by Gasteiger charge is 2.19. The van der Waals surface area contributed by atoms with E-state index in [9.17, 15) is 0 Å².